The third-order valence-electron chi connectivity index (χ3n) is 6.14. The van der Waals surface area contributed by atoms with Crippen molar-refractivity contribution >= 4 is 17.5 Å². The second kappa shape index (κ2) is 11.5. The molecule has 2 aromatic carbocycles. The molecule has 0 heterocycles. The van der Waals surface area contributed by atoms with Crippen LogP contribution < -0.4 is 5.32 Å². The molecule has 0 bridgehead atoms. The summed E-state index contributed by atoms with van der Waals surface area (Å²) in [6.45, 7) is 2.67. The lowest BCUT2D eigenvalue weighted by Crippen LogP contribution is -2.39. The molecule has 1 aliphatic rings. The minimum atomic E-state index is 0.0810. The molecule has 0 aliphatic heterocycles. The van der Waals surface area contributed by atoms with Crippen molar-refractivity contribution in [2.75, 3.05) is 27.3 Å². The smallest absolute Gasteiger partial charge is 0.253 e. The molecule has 0 unspecified atom stereocenters. The predicted octanol–water partition coefficient (Wildman–Crippen LogP) is 5.26. The molecular formula is C25H33ClN2O2. The minimum absolute atomic E-state index is 0.0810. The summed E-state index contributed by atoms with van der Waals surface area (Å²) in [4.78, 5) is 14.7. The van der Waals surface area contributed by atoms with Crippen molar-refractivity contribution in [2.24, 2.45) is 0 Å². The van der Waals surface area contributed by atoms with Gasteiger partial charge in [0.1, 0.15) is 0 Å². The zero-order valence-corrected chi connectivity index (χ0v) is 18.8. The first-order valence-corrected chi connectivity index (χ1v) is 11.3. The molecule has 1 amide bonds. The fourth-order valence-corrected chi connectivity index (χ4v) is 4.37. The fourth-order valence-electron chi connectivity index (χ4n) is 4.24. The summed E-state index contributed by atoms with van der Waals surface area (Å²) >= 11 is 5.94. The number of carbonyl (C=O) groups is 1. The van der Waals surface area contributed by atoms with E-state index in [0.717, 1.165) is 51.8 Å². The minimum Gasteiger partial charge on any atom is -0.385 e. The first-order valence-electron chi connectivity index (χ1n) is 10.9. The molecule has 5 heteroatoms. The number of hydrogen-bond donors (Lipinski definition) is 1. The molecule has 0 atom stereocenters. The number of hydrogen-bond acceptors (Lipinski definition) is 3. The van der Waals surface area contributed by atoms with Crippen LogP contribution in [0.15, 0.2) is 48.5 Å². The molecule has 1 fully saturated rings. The van der Waals surface area contributed by atoms with Crippen LogP contribution in [0.2, 0.25) is 5.02 Å². The Balaban J connectivity index is 1.46. The van der Waals surface area contributed by atoms with Gasteiger partial charge in [-0.05, 0) is 80.0 Å². The highest BCUT2D eigenvalue weighted by molar-refractivity contribution is 6.30. The van der Waals surface area contributed by atoms with E-state index in [9.17, 15) is 4.79 Å². The van der Waals surface area contributed by atoms with Crippen LogP contribution in [0, 0.1) is 0 Å². The van der Waals surface area contributed by atoms with Gasteiger partial charge in [0.15, 0.2) is 0 Å². The Morgan fingerprint density at radius 3 is 2.37 bits per heavy atom. The molecule has 0 aromatic heterocycles. The summed E-state index contributed by atoms with van der Waals surface area (Å²) in [5.41, 5.74) is 3.44. The van der Waals surface area contributed by atoms with Crippen LogP contribution in [-0.2, 0) is 11.3 Å². The highest BCUT2D eigenvalue weighted by Crippen LogP contribution is 2.35. The molecule has 3 rings (SSSR count). The molecule has 1 aliphatic carbocycles. The van der Waals surface area contributed by atoms with Crippen LogP contribution in [-0.4, -0.2) is 44.2 Å². The topological polar surface area (TPSA) is 41.6 Å². The SMILES string of the molecule is COCCCNCc1ccc(C2CCC(N(C)C(=O)c3ccc(Cl)cc3)CC2)cc1. The summed E-state index contributed by atoms with van der Waals surface area (Å²) in [5.74, 6) is 0.668. The lowest BCUT2D eigenvalue weighted by molar-refractivity contribution is 0.0689. The Kier molecular flexibility index (Phi) is 8.74. The first kappa shape index (κ1) is 22.8. The molecule has 162 valence electrons. The second-order valence-corrected chi connectivity index (χ2v) is 8.63. The largest absolute Gasteiger partial charge is 0.385 e. The lowest BCUT2D eigenvalue weighted by Gasteiger charge is -2.35. The van der Waals surface area contributed by atoms with Crippen LogP contribution in [0.25, 0.3) is 0 Å². The maximum Gasteiger partial charge on any atom is 0.253 e. The van der Waals surface area contributed by atoms with Gasteiger partial charge in [0, 0.05) is 43.9 Å². The number of rotatable bonds is 9. The van der Waals surface area contributed by atoms with Gasteiger partial charge in [-0.2, -0.15) is 0 Å². The number of methoxy groups -OCH3 is 1. The fraction of sp³-hybridized carbons (Fsp3) is 0.480. The van der Waals surface area contributed by atoms with E-state index in [1.807, 2.05) is 11.9 Å². The quantitative estimate of drug-likeness (QED) is 0.553. The summed E-state index contributed by atoms with van der Waals surface area (Å²) in [6, 6.07) is 16.5. The summed E-state index contributed by atoms with van der Waals surface area (Å²) in [5, 5.41) is 4.11. The first-order chi connectivity index (χ1) is 14.6. The highest BCUT2D eigenvalue weighted by Gasteiger charge is 2.27. The Labute approximate surface area is 185 Å². The van der Waals surface area contributed by atoms with Crippen LogP contribution in [0.4, 0.5) is 0 Å². The van der Waals surface area contributed by atoms with Crippen LogP contribution in [0.5, 0.6) is 0 Å². The van der Waals surface area contributed by atoms with Crippen molar-refractivity contribution in [2.45, 2.75) is 50.6 Å². The van der Waals surface area contributed by atoms with E-state index in [0.29, 0.717) is 22.5 Å². The zero-order chi connectivity index (χ0) is 21.3. The number of nitrogens with one attached hydrogen (secondary N) is 1. The monoisotopic (exact) mass is 428 g/mol. The van der Waals surface area contributed by atoms with Crippen molar-refractivity contribution < 1.29 is 9.53 Å². The molecule has 0 spiro atoms. The standard InChI is InChI=1S/C25H33ClN2O2/c1-28(25(29)22-8-12-23(26)13-9-22)24-14-10-21(11-15-24)20-6-4-19(5-7-20)18-27-16-3-17-30-2/h4-9,12-13,21,24,27H,3,10-11,14-18H2,1-2H3. The summed E-state index contributed by atoms with van der Waals surface area (Å²) in [6.07, 6.45) is 5.37. The van der Waals surface area contributed by atoms with E-state index in [-0.39, 0.29) is 5.91 Å². The van der Waals surface area contributed by atoms with Crippen LogP contribution in [0.1, 0.15) is 59.5 Å². The maximum atomic E-state index is 12.8. The van der Waals surface area contributed by atoms with E-state index < -0.39 is 0 Å². The number of benzene rings is 2. The molecule has 1 N–H and O–H groups in total. The number of carbonyl (C=O) groups excluding carboxylic acids is 1. The average molecular weight is 429 g/mol. The number of nitrogens with zero attached hydrogens (tertiary/aromatic N) is 1. The average Bonchev–Trinajstić information content (AvgIpc) is 2.79. The van der Waals surface area contributed by atoms with Crippen LogP contribution >= 0.6 is 11.6 Å². The Morgan fingerprint density at radius 2 is 1.73 bits per heavy atom. The molecule has 0 radical (unpaired) electrons. The van der Waals surface area contributed by atoms with Crippen molar-refractivity contribution in [1.82, 2.24) is 10.2 Å². The van der Waals surface area contributed by atoms with Crippen molar-refractivity contribution in [1.29, 1.82) is 0 Å². The molecule has 1 saturated carbocycles. The van der Waals surface area contributed by atoms with E-state index in [4.69, 9.17) is 16.3 Å². The van der Waals surface area contributed by atoms with Gasteiger partial charge in [-0.15, -0.1) is 0 Å². The van der Waals surface area contributed by atoms with Crippen molar-refractivity contribution in [3.63, 3.8) is 0 Å². The van der Waals surface area contributed by atoms with Gasteiger partial charge in [0.2, 0.25) is 0 Å². The van der Waals surface area contributed by atoms with Gasteiger partial charge < -0.3 is 15.0 Å². The van der Waals surface area contributed by atoms with Gasteiger partial charge in [-0.3, -0.25) is 4.79 Å². The Bertz CT molecular complexity index is 784. The third kappa shape index (κ3) is 6.31. The van der Waals surface area contributed by atoms with Gasteiger partial charge >= 0.3 is 0 Å². The third-order valence-corrected chi connectivity index (χ3v) is 6.39. The second-order valence-electron chi connectivity index (χ2n) is 8.19. The molecule has 0 saturated heterocycles. The van der Waals surface area contributed by atoms with E-state index >= 15 is 0 Å². The highest BCUT2D eigenvalue weighted by atomic mass is 35.5. The summed E-state index contributed by atoms with van der Waals surface area (Å²) in [7, 11) is 3.66. The molecule has 4 nitrogen and oxygen atoms in total. The maximum absolute atomic E-state index is 12.8. The van der Waals surface area contributed by atoms with Crippen molar-refractivity contribution in [3.05, 3.63) is 70.2 Å². The normalized spacial score (nSPS) is 18.9. The number of halogens is 1. The number of amides is 1. The van der Waals surface area contributed by atoms with E-state index in [1.165, 1.54) is 11.1 Å². The zero-order valence-electron chi connectivity index (χ0n) is 18.1. The van der Waals surface area contributed by atoms with Gasteiger partial charge in [0.05, 0.1) is 0 Å². The van der Waals surface area contributed by atoms with Gasteiger partial charge in [-0.25, -0.2) is 0 Å². The molecule has 2 aromatic rings. The Morgan fingerprint density at radius 1 is 1.07 bits per heavy atom. The molecule has 30 heavy (non-hydrogen) atoms. The van der Waals surface area contributed by atoms with E-state index in [1.54, 1.807) is 31.4 Å². The molecular weight excluding hydrogens is 396 g/mol. The Hall–Kier alpha value is -1.88. The van der Waals surface area contributed by atoms with Gasteiger partial charge in [-0.1, -0.05) is 35.9 Å². The summed E-state index contributed by atoms with van der Waals surface area (Å²) < 4.78 is 5.07. The number of ether oxygens (including phenoxy) is 1. The van der Waals surface area contributed by atoms with Crippen molar-refractivity contribution in [3.8, 4) is 0 Å². The predicted molar refractivity (Wildman–Crippen MR) is 123 cm³/mol. The van der Waals surface area contributed by atoms with Gasteiger partial charge in [0.25, 0.3) is 5.91 Å². The van der Waals surface area contributed by atoms with Crippen LogP contribution in [0.3, 0.4) is 0 Å². The van der Waals surface area contributed by atoms with E-state index in [2.05, 4.69) is 29.6 Å². The lowest BCUT2D eigenvalue weighted by atomic mass is 9.81.